The number of rotatable bonds is 7. The molecular formula is C6H16N5O2-. The van der Waals surface area contributed by atoms with Crippen molar-refractivity contribution in [2.45, 2.75) is 6.92 Å². The molecule has 0 aliphatic heterocycles. The largest absolute Gasteiger partial charge is 0.737 e. The van der Waals surface area contributed by atoms with Gasteiger partial charge in [-0.05, 0) is 11.8 Å². The smallest absolute Gasteiger partial charge is 0.0892 e. The molecule has 0 saturated carbocycles. The molecule has 7 nitrogen and oxygen atoms in total. The fraction of sp³-hybridized carbons (Fsp3) is 1.00. The molecule has 13 heavy (non-hydrogen) atoms. The third-order valence-corrected chi connectivity index (χ3v) is 1.50. The van der Waals surface area contributed by atoms with E-state index < -0.39 is 0 Å². The van der Waals surface area contributed by atoms with Crippen molar-refractivity contribution in [3.05, 3.63) is 10.4 Å². The highest BCUT2D eigenvalue weighted by Gasteiger charge is 2.08. The van der Waals surface area contributed by atoms with E-state index >= 15 is 0 Å². The molecule has 0 rings (SSSR count). The van der Waals surface area contributed by atoms with Crippen molar-refractivity contribution in [3.63, 3.8) is 0 Å². The lowest BCUT2D eigenvalue weighted by Crippen LogP contribution is -2.39. The van der Waals surface area contributed by atoms with E-state index in [0.29, 0.717) is 26.2 Å². The summed E-state index contributed by atoms with van der Waals surface area (Å²) in [6.07, 6.45) is 0. The first-order valence-corrected chi connectivity index (χ1v) is 4.22. The Balaban J connectivity index is 3.80. The Kier molecular flexibility index (Phi) is 6.93. The molecule has 0 fully saturated rings. The predicted octanol–water partition coefficient (Wildman–Crippen LogP) is -0.768. The standard InChI is InChI=1S/C6H17N5O2/c1-2-8-4-6-10(5-3-7)11(13)9-12/h8,12H,2-7H2,1H3/p-1/b11-9-. The van der Waals surface area contributed by atoms with E-state index in [1.54, 1.807) is 0 Å². The van der Waals surface area contributed by atoms with Crippen LogP contribution in [-0.2, 0) is 0 Å². The molecule has 0 aliphatic carbocycles. The first-order valence-electron chi connectivity index (χ1n) is 4.22. The summed E-state index contributed by atoms with van der Waals surface area (Å²) in [6, 6.07) is 0. The maximum absolute atomic E-state index is 10.8. The number of nitrogens with two attached hydrogens (primary N) is 1. The zero-order valence-corrected chi connectivity index (χ0v) is 7.77. The Bertz CT molecular complexity index is 152. The van der Waals surface area contributed by atoms with E-state index in [9.17, 15) is 10.4 Å². The van der Waals surface area contributed by atoms with E-state index in [0.717, 1.165) is 6.54 Å². The van der Waals surface area contributed by atoms with Crippen LogP contribution in [0.25, 0.3) is 0 Å². The Hall–Kier alpha value is -1.08. The Morgan fingerprint density at radius 1 is 1.54 bits per heavy atom. The normalized spacial score (nSPS) is 11.7. The topological polar surface area (TPSA) is 103 Å². The minimum atomic E-state index is 0.0319. The van der Waals surface area contributed by atoms with Crippen LogP contribution in [0.3, 0.4) is 0 Å². The van der Waals surface area contributed by atoms with Crippen molar-refractivity contribution >= 4 is 0 Å². The van der Waals surface area contributed by atoms with Gasteiger partial charge in [-0.1, -0.05) is 6.92 Å². The fourth-order valence-electron chi connectivity index (χ4n) is 0.868. The number of hydrogen-bond donors (Lipinski definition) is 2. The maximum atomic E-state index is 10.8. The lowest BCUT2D eigenvalue weighted by atomic mass is 10.5. The number of hydrogen-bond acceptors (Lipinski definition) is 5. The average molecular weight is 190 g/mol. The van der Waals surface area contributed by atoms with Crippen LogP contribution in [0.4, 0.5) is 0 Å². The van der Waals surface area contributed by atoms with E-state index in [-0.39, 0.29) is 4.97 Å². The average Bonchev–Trinajstić information content (AvgIpc) is 2.16. The quantitative estimate of drug-likeness (QED) is 0.237. The number of likely N-dealkylation sites (N-methyl/N-ethyl adjacent to an activating group) is 1. The molecule has 0 atom stereocenters. The minimum Gasteiger partial charge on any atom is -0.737 e. The molecule has 0 aromatic heterocycles. The van der Waals surface area contributed by atoms with Gasteiger partial charge >= 0.3 is 0 Å². The molecule has 0 aliphatic rings. The van der Waals surface area contributed by atoms with Gasteiger partial charge in [-0.3, -0.25) is 0 Å². The zero-order chi connectivity index (χ0) is 10.1. The highest BCUT2D eigenvalue weighted by atomic mass is 16.6. The molecule has 0 amide bonds. The van der Waals surface area contributed by atoms with Crippen LogP contribution < -0.4 is 11.1 Å². The van der Waals surface area contributed by atoms with Gasteiger partial charge in [0.2, 0.25) is 0 Å². The van der Waals surface area contributed by atoms with E-state index in [1.807, 2.05) is 6.92 Å². The number of nitrogens with one attached hydrogen (secondary N) is 1. The monoisotopic (exact) mass is 190 g/mol. The van der Waals surface area contributed by atoms with Crippen LogP contribution in [0, 0.1) is 10.4 Å². The lowest BCUT2D eigenvalue weighted by molar-refractivity contribution is -0.689. The van der Waals surface area contributed by atoms with Crippen LogP contribution in [0.15, 0.2) is 5.28 Å². The van der Waals surface area contributed by atoms with Gasteiger partial charge in [0.05, 0.1) is 13.1 Å². The van der Waals surface area contributed by atoms with Gasteiger partial charge in [-0.25, -0.2) is 0 Å². The van der Waals surface area contributed by atoms with Crippen LogP contribution in [-0.4, -0.2) is 42.7 Å². The third-order valence-electron chi connectivity index (χ3n) is 1.50. The summed E-state index contributed by atoms with van der Waals surface area (Å²) >= 11 is 0. The van der Waals surface area contributed by atoms with Crippen molar-refractivity contribution in [1.29, 1.82) is 0 Å². The van der Waals surface area contributed by atoms with Crippen LogP contribution >= 0.6 is 0 Å². The molecule has 78 valence electrons. The number of nitrogens with zero attached hydrogens (tertiary/aromatic N) is 3. The van der Waals surface area contributed by atoms with Crippen molar-refractivity contribution in [2.24, 2.45) is 11.0 Å². The molecule has 3 N–H and O–H groups in total. The Morgan fingerprint density at radius 3 is 2.69 bits per heavy atom. The fourth-order valence-corrected chi connectivity index (χ4v) is 0.868. The minimum absolute atomic E-state index is 0.0319. The van der Waals surface area contributed by atoms with Crippen LogP contribution in [0.5, 0.6) is 0 Å². The summed E-state index contributed by atoms with van der Waals surface area (Å²) < 4.78 is 0. The Labute approximate surface area is 77.3 Å². The van der Waals surface area contributed by atoms with Gasteiger partial charge in [0.1, 0.15) is 0 Å². The van der Waals surface area contributed by atoms with Crippen molar-refractivity contribution in [3.8, 4) is 0 Å². The second-order valence-corrected chi connectivity index (χ2v) is 2.43. The maximum Gasteiger partial charge on any atom is 0.0892 e. The molecule has 0 spiro atoms. The molecular weight excluding hydrogens is 174 g/mol. The number of hydrazine groups is 1. The van der Waals surface area contributed by atoms with Gasteiger partial charge in [-0.2, -0.15) is 0 Å². The van der Waals surface area contributed by atoms with Gasteiger partial charge in [0.25, 0.3) is 0 Å². The summed E-state index contributed by atoms with van der Waals surface area (Å²) in [5.41, 5.74) is 5.25. The first-order chi connectivity index (χ1) is 6.26. The van der Waals surface area contributed by atoms with E-state index in [1.165, 1.54) is 5.01 Å². The second kappa shape index (κ2) is 7.56. The third kappa shape index (κ3) is 5.21. The van der Waals surface area contributed by atoms with Gasteiger partial charge in [-0.15, -0.1) is 5.01 Å². The zero-order valence-electron chi connectivity index (χ0n) is 7.77. The van der Waals surface area contributed by atoms with Crippen molar-refractivity contribution < 1.29 is 4.97 Å². The summed E-state index contributed by atoms with van der Waals surface area (Å²) in [4.78, 5) is 0.0319. The summed E-state index contributed by atoms with van der Waals surface area (Å²) in [7, 11) is 0. The molecule has 0 heterocycles. The van der Waals surface area contributed by atoms with Gasteiger partial charge in [0.15, 0.2) is 0 Å². The van der Waals surface area contributed by atoms with Crippen molar-refractivity contribution in [1.82, 2.24) is 10.3 Å². The van der Waals surface area contributed by atoms with Gasteiger partial charge in [0, 0.05) is 18.1 Å². The molecule has 0 aromatic carbocycles. The lowest BCUT2D eigenvalue weighted by Gasteiger charge is -2.18. The van der Waals surface area contributed by atoms with Gasteiger partial charge < -0.3 is 21.5 Å². The highest BCUT2D eigenvalue weighted by Crippen LogP contribution is 1.88. The molecule has 0 aromatic rings. The second-order valence-electron chi connectivity index (χ2n) is 2.43. The van der Waals surface area contributed by atoms with E-state index in [2.05, 4.69) is 10.6 Å². The van der Waals surface area contributed by atoms with E-state index in [4.69, 9.17) is 5.73 Å². The molecule has 0 bridgehead atoms. The summed E-state index contributed by atoms with van der Waals surface area (Å²) in [5, 5.41) is 27.2. The Morgan fingerprint density at radius 2 is 2.23 bits per heavy atom. The molecule has 0 unspecified atom stereocenters. The highest BCUT2D eigenvalue weighted by molar-refractivity contribution is 4.49. The predicted molar refractivity (Wildman–Crippen MR) is 48.6 cm³/mol. The molecule has 7 heteroatoms. The SMILES string of the molecule is CCNCCN(CCN)/[N+]([O-])=N/[O-]. The van der Waals surface area contributed by atoms with Crippen LogP contribution in [0.2, 0.25) is 0 Å². The van der Waals surface area contributed by atoms with Crippen molar-refractivity contribution in [2.75, 3.05) is 32.7 Å². The summed E-state index contributed by atoms with van der Waals surface area (Å²) in [6.45, 7) is 4.50. The van der Waals surface area contributed by atoms with Crippen LogP contribution in [0.1, 0.15) is 6.92 Å². The summed E-state index contributed by atoms with van der Waals surface area (Å²) in [5.74, 6) is 0. The first kappa shape index (κ1) is 11.9. The molecule has 0 saturated heterocycles. The molecule has 0 radical (unpaired) electrons.